The predicted octanol–water partition coefficient (Wildman–Crippen LogP) is 2.88. The van der Waals surface area contributed by atoms with Gasteiger partial charge in [0, 0.05) is 24.2 Å². The third-order valence-electron chi connectivity index (χ3n) is 5.79. The highest BCUT2D eigenvalue weighted by molar-refractivity contribution is 5.95. The molecule has 2 aliphatic rings. The number of carbonyl (C=O) groups excluding carboxylic acids is 1. The first kappa shape index (κ1) is 18.8. The van der Waals surface area contributed by atoms with E-state index in [0.29, 0.717) is 41.8 Å². The number of hydrogen-bond donors (Lipinski definition) is 1. The van der Waals surface area contributed by atoms with Crippen molar-refractivity contribution < 1.29 is 13.6 Å². The number of nitrogens with zero attached hydrogens (tertiary/aromatic N) is 5. The molecule has 3 aromatic rings. The van der Waals surface area contributed by atoms with Gasteiger partial charge in [-0.3, -0.25) is 9.69 Å². The van der Waals surface area contributed by atoms with Crippen LogP contribution in [0, 0.1) is 25.6 Å². The van der Waals surface area contributed by atoms with Crippen LogP contribution in [0.3, 0.4) is 0 Å². The first-order valence-electron chi connectivity index (χ1n) is 9.92. The van der Waals surface area contributed by atoms with E-state index in [1.54, 1.807) is 6.92 Å². The lowest BCUT2D eigenvalue weighted by Gasteiger charge is -2.25. The molecule has 0 unspecified atom stereocenters. The van der Waals surface area contributed by atoms with Crippen molar-refractivity contribution in [2.75, 3.05) is 5.32 Å². The van der Waals surface area contributed by atoms with Gasteiger partial charge in [-0.1, -0.05) is 6.07 Å². The van der Waals surface area contributed by atoms with Crippen molar-refractivity contribution >= 4 is 11.6 Å². The van der Waals surface area contributed by atoms with E-state index in [9.17, 15) is 9.18 Å². The van der Waals surface area contributed by atoms with Crippen LogP contribution >= 0.6 is 0 Å². The van der Waals surface area contributed by atoms with Gasteiger partial charge in [-0.25, -0.2) is 14.4 Å². The van der Waals surface area contributed by atoms with Gasteiger partial charge in [-0.05, 0) is 43.4 Å². The van der Waals surface area contributed by atoms with E-state index in [-0.39, 0.29) is 11.9 Å². The Kier molecular flexibility index (Phi) is 4.54. The van der Waals surface area contributed by atoms with E-state index in [1.807, 2.05) is 25.1 Å². The molecule has 2 aromatic heterocycles. The zero-order chi connectivity index (χ0) is 20.8. The number of benzene rings is 1. The first-order valence-corrected chi connectivity index (χ1v) is 9.92. The van der Waals surface area contributed by atoms with E-state index in [4.69, 9.17) is 4.42 Å². The van der Waals surface area contributed by atoms with E-state index in [0.717, 1.165) is 36.4 Å². The van der Waals surface area contributed by atoms with Crippen molar-refractivity contribution in [3.63, 3.8) is 0 Å². The quantitative estimate of drug-likeness (QED) is 0.693. The fourth-order valence-corrected chi connectivity index (χ4v) is 4.20. The van der Waals surface area contributed by atoms with Crippen molar-refractivity contribution in [2.45, 2.75) is 45.3 Å². The van der Waals surface area contributed by atoms with Gasteiger partial charge in [0.25, 0.3) is 0 Å². The molecule has 1 aliphatic carbocycles. The minimum Gasteiger partial charge on any atom is -0.424 e. The van der Waals surface area contributed by atoms with Crippen molar-refractivity contribution in [3.8, 4) is 11.4 Å². The largest absolute Gasteiger partial charge is 0.424 e. The highest BCUT2D eigenvalue weighted by Crippen LogP contribution is 2.48. The summed E-state index contributed by atoms with van der Waals surface area (Å²) >= 11 is 0. The molecule has 1 aromatic carbocycles. The second kappa shape index (κ2) is 7.24. The summed E-state index contributed by atoms with van der Waals surface area (Å²) in [6, 6.07) is 5.72. The molecule has 30 heavy (non-hydrogen) atoms. The van der Waals surface area contributed by atoms with Gasteiger partial charge in [0.05, 0.1) is 25.0 Å². The van der Waals surface area contributed by atoms with Crippen LogP contribution in [-0.2, 0) is 11.3 Å². The lowest BCUT2D eigenvalue weighted by atomic mass is 10.1. The molecule has 8 nitrogen and oxygen atoms in total. The zero-order valence-electron chi connectivity index (χ0n) is 16.7. The average molecular weight is 408 g/mol. The van der Waals surface area contributed by atoms with Crippen LogP contribution in [-0.4, -0.2) is 43.1 Å². The van der Waals surface area contributed by atoms with Crippen LogP contribution in [0.2, 0.25) is 0 Å². The number of carbonyl (C=O) groups is 1. The molecular weight excluding hydrogens is 387 g/mol. The Labute approximate surface area is 172 Å². The van der Waals surface area contributed by atoms with Gasteiger partial charge in [0.1, 0.15) is 0 Å². The second-order valence-corrected chi connectivity index (χ2v) is 7.95. The van der Waals surface area contributed by atoms with Crippen LogP contribution in [0.25, 0.3) is 11.4 Å². The Balaban J connectivity index is 1.33. The molecule has 0 radical (unpaired) electrons. The summed E-state index contributed by atoms with van der Waals surface area (Å²) in [5, 5.41) is 11.0. The molecule has 0 bridgehead atoms. The number of likely N-dealkylation sites (tertiary alicyclic amines) is 1. The van der Waals surface area contributed by atoms with Crippen molar-refractivity contribution in [3.05, 3.63) is 53.8 Å². The van der Waals surface area contributed by atoms with Gasteiger partial charge in [0.2, 0.25) is 17.7 Å². The lowest BCUT2D eigenvalue weighted by Crippen LogP contribution is -2.41. The summed E-state index contributed by atoms with van der Waals surface area (Å²) in [5.41, 5.74) is 2.35. The smallest absolute Gasteiger partial charge is 0.241 e. The third kappa shape index (κ3) is 3.56. The molecule has 1 N–H and O–H groups in total. The number of piperidine rings is 1. The standard InChI is InChI=1S/C21H21FN6O2/c1-11-3-4-15(7-16(11)20-23-8-14(22)9-24-20)25-21(29)18-6-13-5-17(13)28(18)10-19-27-26-12(2)30-19/h3-4,7-9,13,17-18H,5-6,10H2,1-2H3,(H,25,29)/t13-,17-,18-/m0/s1. The minimum absolute atomic E-state index is 0.0618. The van der Waals surface area contributed by atoms with Crippen molar-refractivity contribution in [1.82, 2.24) is 25.1 Å². The number of anilines is 1. The van der Waals surface area contributed by atoms with Crippen LogP contribution in [0.1, 0.15) is 30.2 Å². The SMILES string of the molecule is Cc1nnc(CN2[C@H](C(=O)Nc3ccc(C)c(-c4ncc(F)cn4)c3)C[C@@H]3C[C@@H]32)o1. The molecule has 1 saturated heterocycles. The maximum absolute atomic E-state index is 13.2. The van der Waals surface area contributed by atoms with Gasteiger partial charge < -0.3 is 9.73 Å². The Hall–Kier alpha value is -3.20. The Bertz CT molecular complexity index is 1100. The normalized spacial score (nSPS) is 22.7. The van der Waals surface area contributed by atoms with Gasteiger partial charge in [0.15, 0.2) is 11.6 Å². The summed E-state index contributed by atoms with van der Waals surface area (Å²) in [7, 11) is 0. The summed E-state index contributed by atoms with van der Waals surface area (Å²) < 4.78 is 18.7. The highest BCUT2D eigenvalue weighted by atomic mass is 19.1. The zero-order valence-corrected chi connectivity index (χ0v) is 16.7. The molecule has 0 spiro atoms. The number of rotatable bonds is 5. The Morgan fingerprint density at radius 1 is 1.23 bits per heavy atom. The molecule has 1 amide bonds. The molecule has 2 fully saturated rings. The third-order valence-corrected chi connectivity index (χ3v) is 5.79. The number of amides is 1. The fourth-order valence-electron chi connectivity index (χ4n) is 4.20. The average Bonchev–Trinajstić information content (AvgIpc) is 3.24. The maximum atomic E-state index is 13.2. The van der Waals surface area contributed by atoms with E-state index in [2.05, 4.69) is 30.4 Å². The molecule has 154 valence electrons. The van der Waals surface area contributed by atoms with E-state index < -0.39 is 5.82 Å². The van der Waals surface area contributed by atoms with Crippen LogP contribution in [0.15, 0.2) is 35.0 Å². The predicted molar refractivity (Wildman–Crippen MR) is 106 cm³/mol. The van der Waals surface area contributed by atoms with Gasteiger partial charge in [-0.15, -0.1) is 10.2 Å². The van der Waals surface area contributed by atoms with Crippen LogP contribution in [0.4, 0.5) is 10.1 Å². The summed E-state index contributed by atoms with van der Waals surface area (Å²) in [5.74, 6) is 1.47. The maximum Gasteiger partial charge on any atom is 0.241 e. The van der Waals surface area contributed by atoms with Gasteiger partial charge >= 0.3 is 0 Å². The van der Waals surface area contributed by atoms with Crippen LogP contribution in [0.5, 0.6) is 0 Å². The number of aromatic nitrogens is 4. The Morgan fingerprint density at radius 2 is 2.03 bits per heavy atom. The molecule has 1 saturated carbocycles. The lowest BCUT2D eigenvalue weighted by molar-refractivity contribution is -0.121. The number of nitrogens with one attached hydrogen (secondary N) is 1. The summed E-state index contributed by atoms with van der Waals surface area (Å²) in [6.07, 6.45) is 4.20. The molecule has 9 heteroatoms. The number of hydrogen-bond acceptors (Lipinski definition) is 7. The number of aryl methyl sites for hydroxylation is 2. The fraction of sp³-hybridized carbons (Fsp3) is 0.381. The molecule has 3 heterocycles. The Morgan fingerprint density at radius 3 is 2.77 bits per heavy atom. The summed E-state index contributed by atoms with van der Waals surface area (Å²) in [6.45, 7) is 4.15. The first-order chi connectivity index (χ1) is 14.5. The molecule has 1 aliphatic heterocycles. The number of halogens is 1. The molecule has 5 rings (SSSR count). The van der Waals surface area contributed by atoms with Crippen molar-refractivity contribution in [1.29, 1.82) is 0 Å². The van der Waals surface area contributed by atoms with Gasteiger partial charge in [-0.2, -0.15) is 0 Å². The van der Waals surface area contributed by atoms with Crippen LogP contribution < -0.4 is 5.32 Å². The topological polar surface area (TPSA) is 97.0 Å². The monoisotopic (exact) mass is 408 g/mol. The van der Waals surface area contributed by atoms with E-state index >= 15 is 0 Å². The molecular formula is C21H21FN6O2. The second-order valence-electron chi connectivity index (χ2n) is 7.95. The minimum atomic E-state index is -0.489. The van der Waals surface area contributed by atoms with Crippen molar-refractivity contribution in [2.24, 2.45) is 5.92 Å². The number of fused-ring (bicyclic) bond motifs is 1. The summed E-state index contributed by atoms with van der Waals surface area (Å²) in [4.78, 5) is 23.3. The van der Waals surface area contributed by atoms with E-state index in [1.165, 1.54) is 0 Å². The highest BCUT2D eigenvalue weighted by Gasteiger charge is 2.54. The molecule has 3 atom stereocenters.